The number of benzene rings is 2. The molecule has 10 heteroatoms. The summed E-state index contributed by atoms with van der Waals surface area (Å²) in [5.74, 6) is 0.546. The van der Waals surface area contributed by atoms with Gasteiger partial charge < -0.3 is 19.3 Å². The van der Waals surface area contributed by atoms with E-state index in [0.717, 1.165) is 12.8 Å². The molecule has 6 aliphatic heterocycles. The van der Waals surface area contributed by atoms with Gasteiger partial charge in [0.15, 0.2) is 0 Å². The van der Waals surface area contributed by atoms with E-state index in [1.807, 2.05) is 46.2 Å². The number of rotatable bonds is 4. The summed E-state index contributed by atoms with van der Waals surface area (Å²) in [6.07, 6.45) is 2.05. The number of ether oxygens (including phenoxy) is 2. The minimum Gasteiger partial charge on any atom is -0.367 e. The second-order valence-electron chi connectivity index (χ2n) is 11.9. The number of halogens is 4. The largest absolute Gasteiger partial charge is 0.367 e. The molecule has 6 aliphatic rings. The van der Waals surface area contributed by atoms with Crippen molar-refractivity contribution in [1.29, 1.82) is 0 Å². The first-order valence-corrected chi connectivity index (χ1v) is 17.5. The zero-order chi connectivity index (χ0) is 27.8. The van der Waals surface area contributed by atoms with Crippen molar-refractivity contribution in [2.45, 2.75) is 68.6 Å². The van der Waals surface area contributed by atoms with Crippen molar-refractivity contribution in [3.05, 3.63) is 71.8 Å². The van der Waals surface area contributed by atoms with Crippen molar-refractivity contribution in [2.24, 2.45) is 11.8 Å². The second-order valence-corrected chi connectivity index (χ2v) is 15.9. The lowest BCUT2D eigenvalue weighted by atomic mass is 9.80. The third-order valence-corrected chi connectivity index (χ3v) is 15.9. The maximum Gasteiger partial charge on any atom is 0.229 e. The van der Waals surface area contributed by atoms with Crippen molar-refractivity contribution in [1.82, 2.24) is 9.80 Å². The van der Waals surface area contributed by atoms with Crippen LogP contribution in [0.3, 0.4) is 0 Å². The van der Waals surface area contributed by atoms with Crippen LogP contribution >= 0.6 is 63.7 Å². The Morgan fingerprint density at radius 3 is 1.38 bits per heavy atom. The van der Waals surface area contributed by atoms with E-state index in [4.69, 9.17) is 9.47 Å². The first kappa shape index (κ1) is 28.0. The average Bonchev–Trinajstić information content (AvgIpc) is 3.75. The van der Waals surface area contributed by atoms with Gasteiger partial charge in [-0.3, -0.25) is 9.59 Å². The number of carbonyl (C=O) groups is 2. The molecule has 0 saturated carbocycles. The van der Waals surface area contributed by atoms with Gasteiger partial charge in [-0.2, -0.15) is 0 Å². The maximum atomic E-state index is 12.6. The van der Waals surface area contributed by atoms with Crippen LogP contribution in [0.5, 0.6) is 0 Å². The summed E-state index contributed by atoms with van der Waals surface area (Å²) in [6.45, 7) is 2.75. The van der Waals surface area contributed by atoms with E-state index in [1.54, 1.807) is 0 Å². The molecule has 2 spiro atoms. The lowest BCUT2D eigenvalue weighted by Gasteiger charge is -2.30. The molecule has 4 bridgehead atoms. The Balaban J connectivity index is 0.000000132. The van der Waals surface area contributed by atoms with Gasteiger partial charge in [-0.25, -0.2) is 0 Å². The Bertz CT molecular complexity index is 1200. The van der Waals surface area contributed by atoms with Gasteiger partial charge in [-0.05, 0) is 24.0 Å². The number of hydrogen-bond acceptors (Lipinski definition) is 4. The van der Waals surface area contributed by atoms with Gasteiger partial charge in [-0.1, -0.05) is 124 Å². The number of nitrogens with zero attached hydrogens (tertiary/aromatic N) is 2. The molecule has 6 nitrogen and oxygen atoms in total. The van der Waals surface area contributed by atoms with E-state index in [2.05, 4.69) is 88.0 Å². The van der Waals surface area contributed by atoms with Gasteiger partial charge in [-0.15, -0.1) is 0 Å². The summed E-state index contributed by atoms with van der Waals surface area (Å²) in [7, 11) is 0. The molecule has 10 atom stereocenters. The minimum atomic E-state index is -0.329. The molecule has 212 valence electrons. The van der Waals surface area contributed by atoms with Crippen LogP contribution in [-0.2, 0) is 32.2 Å². The van der Waals surface area contributed by atoms with Crippen LogP contribution in [0.1, 0.15) is 24.0 Å². The molecule has 8 rings (SSSR count). The van der Waals surface area contributed by atoms with Crippen molar-refractivity contribution < 1.29 is 19.1 Å². The van der Waals surface area contributed by atoms with Crippen LogP contribution in [0, 0.1) is 11.8 Å². The molecule has 40 heavy (non-hydrogen) atoms. The SMILES string of the molecule is O=C1[C@@H]2C[C@@H]3O[C@@]2(CN1Cc1ccccc1)[C@@H](Br)[C@@H]3Br.O=C1[C@@H]2C[C@@H]3O[C@@]2(CN1Cc1ccccc1)[C@@H](Br)[C@@H]3Br. The van der Waals surface area contributed by atoms with Gasteiger partial charge in [0.05, 0.1) is 56.4 Å². The number of alkyl halides is 4. The van der Waals surface area contributed by atoms with Crippen molar-refractivity contribution >= 4 is 75.5 Å². The molecule has 6 heterocycles. The van der Waals surface area contributed by atoms with Crippen LogP contribution in [0.25, 0.3) is 0 Å². The summed E-state index contributed by atoms with van der Waals surface area (Å²) in [5.41, 5.74) is 1.69. The highest BCUT2D eigenvalue weighted by Gasteiger charge is 2.70. The number of fused-ring (bicyclic) bond motifs is 2. The summed E-state index contributed by atoms with van der Waals surface area (Å²) in [4.78, 5) is 30.2. The molecule has 0 aromatic heterocycles. The van der Waals surface area contributed by atoms with Crippen LogP contribution in [0.4, 0.5) is 0 Å². The molecule has 2 amide bonds. The Kier molecular flexibility index (Phi) is 7.31. The summed E-state index contributed by atoms with van der Waals surface area (Å²) in [5, 5.41) is 0. The number of carbonyl (C=O) groups excluding carboxylic acids is 2. The highest BCUT2D eigenvalue weighted by atomic mass is 79.9. The Morgan fingerprint density at radius 2 is 1.02 bits per heavy atom. The molecule has 0 radical (unpaired) electrons. The summed E-state index contributed by atoms with van der Waals surface area (Å²) in [6, 6.07) is 20.3. The van der Waals surface area contributed by atoms with E-state index >= 15 is 0 Å². The van der Waals surface area contributed by atoms with Crippen LogP contribution < -0.4 is 0 Å². The van der Waals surface area contributed by atoms with Crippen LogP contribution in [0.15, 0.2) is 60.7 Å². The van der Waals surface area contributed by atoms with E-state index in [-0.39, 0.29) is 56.7 Å². The average molecular weight is 802 g/mol. The van der Waals surface area contributed by atoms with Gasteiger partial charge in [0.25, 0.3) is 0 Å². The molecular weight excluding hydrogens is 772 g/mol. The zero-order valence-electron chi connectivity index (χ0n) is 21.7. The highest BCUT2D eigenvalue weighted by Crippen LogP contribution is 2.58. The molecule has 2 aromatic carbocycles. The molecule has 6 fully saturated rings. The molecular formula is C30H30Br4N2O4. The first-order valence-electron chi connectivity index (χ1n) is 13.8. The molecule has 0 unspecified atom stereocenters. The fraction of sp³-hybridized carbons (Fsp3) is 0.533. The summed E-state index contributed by atoms with van der Waals surface area (Å²) >= 11 is 14.9. The normalized spacial score (nSPS) is 42.3. The smallest absolute Gasteiger partial charge is 0.229 e. The van der Waals surface area contributed by atoms with Gasteiger partial charge in [0.1, 0.15) is 11.2 Å². The lowest BCUT2D eigenvalue weighted by molar-refractivity contribution is -0.132. The Hall–Kier alpha value is -0.780. The predicted molar refractivity (Wildman–Crippen MR) is 166 cm³/mol. The van der Waals surface area contributed by atoms with Crippen LogP contribution in [0.2, 0.25) is 0 Å². The minimum absolute atomic E-state index is 0.0226. The van der Waals surface area contributed by atoms with E-state index in [1.165, 1.54) is 11.1 Å². The predicted octanol–water partition coefficient (Wildman–Crippen LogP) is 5.43. The second kappa shape index (κ2) is 10.4. The quantitative estimate of drug-likeness (QED) is 0.388. The van der Waals surface area contributed by atoms with Gasteiger partial charge in [0, 0.05) is 13.1 Å². The zero-order valence-corrected chi connectivity index (χ0v) is 28.0. The third-order valence-electron chi connectivity index (χ3n) is 9.59. The van der Waals surface area contributed by atoms with E-state index < -0.39 is 0 Å². The molecule has 2 aromatic rings. The standard InChI is InChI=1S/2C15H15Br2NO2/c2*16-12-11-6-10-14(19)18(7-9-4-2-1-3-5-9)8-15(10,20-11)13(12)17/h2*1-5,10-13H,6-8H2/t2*10-,11-,12+,13-,15+/m00/s1. The fourth-order valence-corrected chi connectivity index (χ4v) is 11.0. The fourth-order valence-electron chi connectivity index (χ4n) is 7.67. The lowest BCUT2D eigenvalue weighted by Crippen LogP contribution is -2.46. The van der Waals surface area contributed by atoms with E-state index in [9.17, 15) is 9.59 Å². The third kappa shape index (κ3) is 4.25. The van der Waals surface area contributed by atoms with Crippen molar-refractivity contribution in [3.8, 4) is 0 Å². The van der Waals surface area contributed by atoms with Gasteiger partial charge in [0.2, 0.25) is 11.8 Å². The van der Waals surface area contributed by atoms with Gasteiger partial charge >= 0.3 is 0 Å². The molecule has 6 saturated heterocycles. The first-order chi connectivity index (χ1) is 19.2. The monoisotopic (exact) mass is 798 g/mol. The number of amides is 2. The Labute approximate surface area is 268 Å². The number of hydrogen-bond donors (Lipinski definition) is 0. The van der Waals surface area contributed by atoms with Crippen LogP contribution in [-0.4, -0.2) is 77.4 Å². The van der Waals surface area contributed by atoms with E-state index in [0.29, 0.717) is 35.8 Å². The Morgan fingerprint density at radius 1 is 0.650 bits per heavy atom. The molecule has 0 aliphatic carbocycles. The summed E-state index contributed by atoms with van der Waals surface area (Å²) < 4.78 is 12.4. The van der Waals surface area contributed by atoms with Crippen molar-refractivity contribution in [3.63, 3.8) is 0 Å². The van der Waals surface area contributed by atoms with Crippen molar-refractivity contribution in [2.75, 3.05) is 13.1 Å². The molecule has 0 N–H and O–H groups in total. The topological polar surface area (TPSA) is 59.1 Å². The highest BCUT2D eigenvalue weighted by molar-refractivity contribution is 9.12. The maximum absolute atomic E-state index is 12.6. The number of likely N-dealkylation sites (tertiary alicyclic amines) is 2.